The van der Waals surface area contributed by atoms with E-state index in [1.807, 2.05) is 12.1 Å². The van der Waals surface area contributed by atoms with Crippen LogP contribution in [0.4, 0.5) is 5.69 Å². The number of hydrogen-bond donors (Lipinski definition) is 1. The molecule has 1 aromatic rings. The number of benzene rings is 1. The van der Waals surface area contributed by atoms with Crippen molar-refractivity contribution in [2.45, 2.75) is 10.9 Å². The molecule has 0 saturated heterocycles. The van der Waals surface area contributed by atoms with Crippen LogP contribution in [0.3, 0.4) is 0 Å². The van der Waals surface area contributed by atoms with E-state index in [4.69, 9.17) is 5.26 Å². The first kappa shape index (κ1) is 8.92. The van der Waals surface area contributed by atoms with E-state index in [1.54, 1.807) is 11.8 Å². The summed E-state index contributed by atoms with van der Waals surface area (Å²) in [5, 5.41) is 11.9. The molecule has 4 heteroatoms. The molecular weight excluding hydrogens is 248 g/mol. The third-order valence-electron chi connectivity index (χ3n) is 1.83. The van der Waals surface area contributed by atoms with E-state index in [2.05, 4.69) is 33.4 Å². The first-order valence-electron chi connectivity index (χ1n) is 3.88. The molecule has 0 radical (unpaired) electrons. The van der Waals surface area contributed by atoms with E-state index in [0.717, 1.165) is 15.9 Å². The zero-order valence-corrected chi connectivity index (χ0v) is 9.15. The van der Waals surface area contributed by atoms with E-state index in [-0.39, 0.29) is 6.04 Å². The topological polar surface area (TPSA) is 35.8 Å². The number of anilines is 1. The van der Waals surface area contributed by atoms with Gasteiger partial charge in [-0.2, -0.15) is 5.26 Å². The SMILES string of the molecule is N#CC1CSc2cc(Br)ccc2N1. The quantitative estimate of drug-likeness (QED) is 0.774. The fourth-order valence-electron chi connectivity index (χ4n) is 1.21. The van der Waals surface area contributed by atoms with Gasteiger partial charge in [0.25, 0.3) is 0 Å². The molecular formula is C9H7BrN2S. The maximum Gasteiger partial charge on any atom is 0.124 e. The standard InChI is InChI=1S/C9H7BrN2S/c10-6-1-2-8-9(3-6)13-5-7(4-11)12-8/h1-3,7,12H,5H2. The van der Waals surface area contributed by atoms with Gasteiger partial charge in [0.05, 0.1) is 6.07 Å². The van der Waals surface area contributed by atoms with Crippen molar-refractivity contribution in [1.82, 2.24) is 0 Å². The van der Waals surface area contributed by atoms with E-state index in [9.17, 15) is 0 Å². The second-order valence-electron chi connectivity index (χ2n) is 2.78. The Morgan fingerprint density at radius 2 is 2.46 bits per heavy atom. The fourth-order valence-corrected chi connectivity index (χ4v) is 2.72. The first-order chi connectivity index (χ1) is 6.29. The van der Waals surface area contributed by atoms with Crippen LogP contribution >= 0.6 is 27.7 Å². The summed E-state index contributed by atoms with van der Waals surface area (Å²) in [7, 11) is 0. The van der Waals surface area contributed by atoms with Gasteiger partial charge < -0.3 is 5.32 Å². The lowest BCUT2D eigenvalue weighted by Gasteiger charge is -2.21. The molecule has 1 aliphatic heterocycles. The molecule has 1 N–H and O–H groups in total. The Morgan fingerprint density at radius 3 is 3.23 bits per heavy atom. The average Bonchev–Trinajstić information content (AvgIpc) is 2.17. The van der Waals surface area contributed by atoms with Gasteiger partial charge in [0.1, 0.15) is 6.04 Å². The van der Waals surface area contributed by atoms with Gasteiger partial charge in [0.2, 0.25) is 0 Å². The summed E-state index contributed by atoms with van der Waals surface area (Å²) in [6, 6.07) is 8.20. The van der Waals surface area contributed by atoms with Crippen molar-refractivity contribution in [3.05, 3.63) is 22.7 Å². The summed E-state index contributed by atoms with van der Waals surface area (Å²) in [4.78, 5) is 1.21. The van der Waals surface area contributed by atoms with E-state index >= 15 is 0 Å². The van der Waals surface area contributed by atoms with Gasteiger partial charge in [-0.05, 0) is 18.2 Å². The minimum absolute atomic E-state index is 0.0568. The minimum atomic E-state index is -0.0568. The number of halogens is 1. The Hall–Kier alpha value is -0.660. The van der Waals surface area contributed by atoms with Crippen molar-refractivity contribution in [3.63, 3.8) is 0 Å². The summed E-state index contributed by atoms with van der Waals surface area (Å²) in [5.74, 6) is 0.819. The third kappa shape index (κ3) is 1.82. The van der Waals surface area contributed by atoms with Crippen LogP contribution in [-0.2, 0) is 0 Å². The Kier molecular flexibility index (Phi) is 2.47. The van der Waals surface area contributed by atoms with Crippen LogP contribution < -0.4 is 5.32 Å². The second-order valence-corrected chi connectivity index (χ2v) is 4.76. The third-order valence-corrected chi connectivity index (χ3v) is 3.48. The molecule has 0 saturated carbocycles. The Bertz CT molecular complexity index is 372. The van der Waals surface area contributed by atoms with Gasteiger partial charge in [0.15, 0.2) is 0 Å². The Balaban J connectivity index is 2.32. The van der Waals surface area contributed by atoms with E-state index < -0.39 is 0 Å². The number of thioether (sulfide) groups is 1. The number of nitriles is 1. The summed E-state index contributed by atoms with van der Waals surface area (Å²) in [6.45, 7) is 0. The van der Waals surface area contributed by atoms with Crippen molar-refractivity contribution < 1.29 is 0 Å². The highest BCUT2D eigenvalue weighted by atomic mass is 79.9. The van der Waals surface area contributed by atoms with Crippen LogP contribution in [0.2, 0.25) is 0 Å². The first-order valence-corrected chi connectivity index (χ1v) is 5.66. The zero-order valence-electron chi connectivity index (χ0n) is 6.75. The molecule has 66 valence electrons. The largest absolute Gasteiger partial charge is 0.368 e. The van der Waals surface area contributed by atoms with Crippen molar-refractivity contribution in [2.75, 3.05) is 11.1 Å². The Morgan fingerprint density at radius 1 is 1.62 bits per heavy atom. The number of nitrogens with zero attached hydrogens (tertiary/aromatic N) is 1. The maximum absolute atomic E-state index is 8.74. The highest BCUT2D eigenvalue weighted by molar-refractivity contribution is 9.10. The van der Waals surface area contributed by atoms with Crippen LogP contribution in [0, 0.1) is 11.3 Å². The predicted octanol–water partition coefficient (Wildman–Crippen LogP) is 2.86. The number of rotatable bonds is 0. The summed E-state index contributed by atoms with van der Waals surface area (Å²) in [5.41, 5.74) is 1.06. The van der Waals surface area contributed by atoms with Crippen molar-refractivity contribution in [3.8, 4) is 6.07 Å². The maximum atomic E-state index is 8.74. The molecule has 13 heavy (non-hydrogen) atoms. The van der Waals surface area contributed by atoms with Crippen molar-refractivity contribution in [1.29, 1.82) is 5.26 Å². The Labute approximate surface area is 89.5 Å². The molecule has 0 bridgehead atoms. The monoisotopic (exact) mass is 254 g/mol. The molecule has 1 aliphatic rings. The van der Waals surface area contributed by atoms with Crippen LogP contribution in [0.5, 0.6) is 0 Å². The van der Waals surface area contributed by atoms with Gasteiger partial charge in [0, 0.05) is 20.8 Å². The van der Waals surface area contributed by atoms with Gasteiger partial charge in [-0.1, -0.05) is 15.9 Å². The molecule has 1 aromatic carbocycles. The van der Waals surface area contributed by atoms with Crippen molar-refractivity contribution >= 4 is 33.4 Å². The molecule has 2 nitrogen and oxygen atoms in total. The lowest BCUT2D eigenvalue weighted by molar-refractivity contribution is 0.997. The minimum Gasteiger partial charge on any atom is -0.368 e. The summed E-state index contributed by atoms with van der Waals surface area (Å²) in [6.07, 6.45) is 0. The predicted molar refractivity (Wildman–Crippen MR) is 57.9 cm³/mol. The van der Waals surface area contributed by atoms with Crippen molar-refractivity contribution in [2.24, 2.45) is 0 Å². The number of nitrogens with one attached hydrogen (secondary N) is 1. The zero-order chi connectivity index (χ0) is 9.26. The molecule has 1 heterocycles. The number of fused-ring (bicyclic) bond motifs is 1. The van der Waals surface area contributed by atoms with Gasteiger partial charge in [-0.15, -0.1) is 11.8 Å². The normalized spacial score (nSPS) is 19.8. The molecule has 0 spiro atoms. The molecule has 0 aliphatic carbocycles. The summed E-state index contributed by atoms with van der Waals surface area (Å²) < 4.78 is 1.08. The van der Waals surface area contributed by atoms with Crippen LogP contribution in [0.15, 0.2) is 27.6 Å². The molecule has 0 amide bonds. The van der Waals surface area contributed by atoms with Crippen LogP contribution in [0.25, 0.3) is 0 Å². The van der Waals surface area contributed by atoms with Crippen LogP contribution in [0.1, 0.15) is 0 Å². The molecule has 1 atom stereocenters. The average molecular weight is 255 g/mol. The lowest BCUT2D eigenvalue weighted by Crippen LogP contribution is -2.23. The highest BCUT2D eigenvalue weighted by Crippen LogP contribution is 2.34. The van der Waals surface area contributed by atoms with Gasteiger partial charge in [-0.25, -0.2) is 0 Å². The summed E-state index contributed by atoms with van der Waals surface area (Å²) >= 11 is 5.14. The molecule has 0 aromatic heterocycles. The highest BCUT2D eigenvalue weighted by Gasteiger charge is 2.17. The second kappa shape index (κ2) is 3.60. The lowest BCUT2D eigenvalue weighted by atomic mass is 10.2. The smallest absolute Gasteiger partial charge is 0.124 e. The van der Waals surface area contributed by atoms with Gasteiger partial charge in [-0.3, -0.25) is 0 Å². The van der Waals surface area contributed by atoms with Crippen LogP contribution in [-0.4, -0.2) is 11.8 Å². The number of hydrogen-bond acceptors (Lipinski definition) is 3. The van der Waals surface area contributed by atoms with Gasteiger partial charge >= 0.3 is 0 Å². The molecule has 1 unspecified atom stereocenters. The van der Waals surface area contributed by atoms with E-state index in [0.29, 0.717) is 0 Å². The fraction of sp³-hybridized carbons (Fsp3) is 0.222. The molecule has 2 rings (SSSR count). The molecule has 0 fully saturated rings. The van der Waals surface area contributed by atoms with E-state index in [1.165, 1.54) is 4.90 Å².